The van der Waals surface area contributed by atoms with E-state index in [0.29, 0.717) is 12.6 Å². The standard InChI is InChI=1S/C18H28N6S/c1-3-19-18(20-13-15-8-9-22-23(15)2)21-14-16(17-7-6-12-25-17)24-10-4-5-11-24/h6-9,12,16H,3-5,10-11,13-14H2,1-2H3,(H2,19,20,21). The normalized spacial score (nSPS) is 17.0. The second-order valence-corrected chi connectivity index (χ2v) is 7.28. The van der Waals surface area contributed by atoms with E-state index < -0.39 is 0 Å². The Labute approximate surface area is 153 Å². The van der Waals surface area contributed by atoms with E-state index in [9.17, 15) is 0 Å². The number of rotatable bonds is 7. The molecule has 6 nitrogen and oxygen atoms in total. The van der Waals surface area contributed by atoms with Crippen molar-refractivity contribution in [2.24, 2.45) is 12.0 Å². The van der Waals surface area contributed by atoms with Crippen LogP contribution in [0.3, 0.4) is 0 Å². The van der Waals surface area contributed by atoms with Gasteiger partial charge in [-0.15, -0.1) is 11.3 Å². The molecule has 136 valence electrons. The van der Waals surface area contributed by atoms with Crippen LogP contribution in [0.1, 0.15) is 36.4 Å². The fourth-order valence-corrected chi connectivity index (χ4v) is 4.06. The largest absolute Gasteiger partial charge is 0.357 e. The molecule has 0 aliphatic carbocycles. The molecule has 7 heteroatoms. The van der Waals surface area contributed by atoms with Crippen LogP contribution in [0.4, 0.5) is 0 Å². The van der Waals surface area contributed by atoms with Crippen LogP contribution in [0.2, 0.25) is 0 Å². The van der Waals surface area contributed by atoms with Gasteiger partial charge in [0.15, 0.2) is 5.96 Å². The van der Waals surface area contributed by atoms with Crippen molar-refractivity contribution in [2.45, 2.75) is 32.4 Å². The van der Waals surface area contributed by atoms with Crippen molar-refractivity contribution in [3.05, 3.63) is 40.3 Å². The van der Waals surface area contributed by atoms with Crippen molar-refractivity contribution in [1.29, 1.82) is 0 Å². The zero-order valence-corrected chi connectivity index (χ0v) is 15.9. The fraction of sp³-hybridized carbons (Fsp3) is 0.556. The number of aliphatic imine (C=N–C) groups is 1. The molecule has 1 unspecified atom stereocenters. The summed E-state index contributed by atoms with van der Waals surface area (Å²) in [6.07, 6.45) is 4.42. The third-order valence-corrected chi connectivity index (χ3v) is 5.56. The highest BCUT2D eigenvalue weighted by molar-refractivity contribution is 7.10. The SMILES string of the molecule is CCNC(=NCc1ccnn1C)NCC(c1cccs1)N1CCCC1. The molecule has 25 heavy (non-hydrogen) atoms. The lowest BCUT2D eigenvalue weighted by Gasteiger charge is -2.27. The van der Waals surface area contributed by atoms with Crippen molar-refractivity contribution in [3.63, 3.8) is 0 Å². The molecule has 0 radical (unpaired) electrons. The number of aromatic nitrogens is 2. The third-order valence-electron chi connectivity index (χ3n) is 4.58. The Bertz CT molecular complexity index is 657. The van der Waals surface area contributed by atoms with E-state index in [2.05, 4.69) is 45.1 Å². The molecule has 2 aromatic heterocycles. The average molecular weight is 361 g/mol. The Kier molecular flexibility index (Phi) is 6.47. The molecule has 1 saturated heterocycles. The number of aryl methyl sites for hydroxylation is 1. The highest BCUT2D eigenvalue weighted by Crippen LogP contribution is 2.27. The lowest BCUT2D eigenvalue weighted by atomic mass is 10.2. The summed E-state index contributed by atoms with van der Waals surface area (Å²) in [6.45, 7) is 6.82. The van der Waals surface area contributed by atoms with Crippen molar-refractivity contribution < 1.29 is 0 Å². The number of guanidine groups is 1. The maximum atomic E-state index is 4.72. The van der Waals surface area contributed by atoms with Gasteiger partial charge in [-0.3, -0.25) is 9.58 Å². The number of hydrogen-bond donors (Lipinski definition) is 2. The highest BCUT2D eigenvalue weighted by atomic mass is 32.1. The molecule has 3 rings (SSSR count). The topological polar surface area (TPSA) is 57.5 Å². The zero-order chi connectivity index (χ0) is 17.5. The minimum Gasteiger partial charge on any atom is -0.357 e. The number of hydrogen-bond acceptors (Lipinski definition) is 4. The fourth-order valence-electron chi connectivity index (χ4n) is 3.20. The Morgan fingerprint density at radius 3 is 2.80 bits per heavy atom. The summed E-state index contributed by atoms with van der Waals surface area (Å²) >= 11 is 1.84. The van der Waals surface area contributed by atoms with Crippen LogP contribution in [0.15, 0.2) is 34.8 Å². The highest BCUT2D eigenvalue weighted by Gasteiger charge is 2.24. The van der Waals surface area contributed by atoms with Crippen molar-refractivity contribution in [2.75, 3.05) is 26.2 Å². The number of likely N-dealkylation sites (tertiary alicyclic amines) is 1. The van der Waals surface area contributed by atoms with Gasteiger partial charge >= 0.3 is 0 Å². The Hall–Kier alpha value is -1.86. The first-order valence-electron chi connectivity index (χ1n) is 9.04. The van der Waals surface area contributed by atoms with Crippen LogP contribution in [0.5, 0.6) is 0 Å². The molecule has 0 aromatic carbocycles. The first-order chi connectivity index (χ1) is 12.3. The maximum Gasteiger partial charge on any atom is 0.191 e. The number of nitrogens with zero attached hydrogens (tertiary/aromatic N) is 4. The van der Waals surface area contributed by atoms with Gasteiger partial charge < -0.3 is 10.6 Å². The second kappa shape index (κ2) is 9.01. The van der Waals surface area contributed by atoms with E-state index >= 15 is 0 Å². The third kappa shape index (κ3) is 4.83. The van der Waals surface area contributed by atoms with Crippen molar-refractivity contribution >= 4 is 17.3 Å². The molecule has 2 aromatic rings. The van der Waals surface area contributed by atoms with E-state index in [1.54, 1.807) is 0 Å². The zero-order valence-electron chi connectivity index (χ0n) is 15.1. The molecule has 1 aliphatic heterocycles. The number of nitrogens with one attached hydrogen (secondary N) is 2. The maximum absolute atomic E-state index is 4.72. The number of thiophene rings is 1. The van der Waals surface area contributed by atoms with Gasteiger partial charge in [0.25, 0.3) is 0 Å². The molecular weight excluding hydrogens is 332 g/mol. The molecular formula is C18H28N6S. The van der Waals surface area contributed by atoms with Crippen LogP contribution in [-0.2, 0) is 13.6 Å². The van der Waals surface area contributed by atoms with E-state index in [1.165, 1.54) is 30.8 Å². The molecule has 2 N–H and O–H groups in total. The Morgan fingerprint density at radius 1 is 1.32 bits per heavy atom. The van der Waals surface area contributed by atoms with Crippen LogP contribution in [0, 0.1) is 0 Å². The first-order valence-corrected chi connectivity index (χ1v) is 9.92. The molecule has 3 heterocycles. The minimum absolute atomic E-state index is 0.419. The molecule has 1 fully saturated rings. The smallest absolute Gasteiger partial charge is 0.191 e. The van der Waals surface area contributed by atoms with Crippen molar-refractivity contribution in [1.82, 2.24) is 25.3 Å². The van der Waals surface area contributed by atoms with Gasteiger partial charge in [0.1, 0.15) is 0 Å². The summed E-state index contributed by atoms with van der Waals surface area (Å²) in [4.78, 5) is 8.73. The molecule has 0 bridgehead atoms. The summed E-state index contributed by atoms with van der Waals surface area (Å²) < 4.78 is 1.87. The Balaban J connectivity index is 1.64. The van der Waals surface area contributed by atoms with Crippen LogP contribution < -0.4 is 10.6 Å². The van der Waals surface area contributed by atoms with E-state index in [-0.39, 0.29) is 0 Å². The van der Waals surface area contributed by atoms with Crippen LogP contribution in [-0.4, -0.2) is 46.8 Å². The molecule has 1 aliphatic rings. The van der Waals surface area contributed by atoms with Crippen molar-refractivity contribution in [3.8, 4) is 0 Å². The summed E-state index contributed by atoms with van der Waals surface area (Å²) in [5, 5.41) is 13.3. The summed E-state index contributed by atoms with van der Waals surface area (Å²) in [5.41, 5.74) is 1.10. The van der Waals surface area contributed by atoms with Gasteiger partial charge in [-0.1, -0.05) is 6.07 Å². The van der Waals surface area contributed by atoms with E-state index in [0.717, 1.165) is 24.7 Å². The van der Waals surface area contributed by atoms with Gasteiger partial charge in [0, 0.05) is 31.2 Å². The summed E-state index contributed by atoms with van der Waals surface area (Å²) in [5.74, 6) is 0.865. The van der Waals surface area contributed by atoms with Crippen LogP contribution in [0.25, 0.3) is 0 Å². The minimum atomic E-state index is 0.419. The van der Waals surface area contributed by atoms with Crippen LogP contribution >= 0.6 is 11.3 Å². The van der Waals surface area contributed by atoms with E-state index in [1.807, 2.05) is 35.3 Å². The predicted octanol–water partition coefficient (Wildman–Crippen LogP) is 2.37. The average Bonchev–Trinajstić information content (AvgIpc) is 3.36. The quantitative estimate of drug-likeness (QED) is 0.588. The van der Waals surface area contributed by atoms with Gasteiger partial charge in [0.2, 0.25) is 0 Å². The van der Waals surface area contributed by atoms with E-state index in [4.69, 9.17) is 4.99 Å². The first kappa shape index (κ1) is 17.9. The van der Waals surface area contributed by atoms with Gasteiger partial charge in [-0.25, -0.2) is 4.99 Å². The van der Waals surface area contributed by atoms with Gasteiger partial charge in [-0.2, -0.15) is 5.10 Å². The lowest BCUT2D eigenvalue weighted by Crippen LogP contribution is -2.42. The summed E-state index contributed by atoms with van der Waals surface area (Å²) in [6, 6.07) is 6.81. The lowest BCUT2D eigenvalue weighted by molar-refractivity contribution is 0.249. The predicted molar refractivity (Wildman–Crippen MR) is 104 cm³/mol. The molecule has 0 spiro atoms. The summed E-state index contributed by atoms with van der Waals surface area (Å²) in [7, 11) is 1.95. The monoisotopic (exact) mass is 360 g/mol. The molecule has 0 saturated carbocycles. The second-order valence-electron chi connectivity index (χ2n) is 6.30. The molecule has 1 atom stereocenters. The van der Waals surface area contributed by atoms with Gasteiger partial charge in [0.05, 0.1) is 18.3 Å². The Morgan fingerprint density at radius 2 is 2.16 bits per heavy atom. The molecule has 0 amide bonds. The van der Waals surface area contributed by atoms with Gasteiger partial charge in [-0.05, 0) is 50.4 Å².